The molecular formula is C15H17N3O3. The van der Waals surface area contributed by atoms with Gasteiger partial charge in [0.25, 0.3) is 5.91 Å². The van der Waals surface area contributed by atoms with Crippen LogP contribution in [0, 0.1) is 0 Å². The number of carbonyl (C=O) groups excluding carboxylic acids is 2. The molecule has 1 aliphatic rings. The molecule has 1 aromatic rings. The Bertz CT molecular complexity index is 606. The smallest absolute Gasteiger partial charge is 0.311 e. The zero-order valence-corrected chi connectivity index (χ0v) is 12.2. The number of hydrogen-bond acceptors (Lipinski definition) is 5. The summed E-state index contributed by atoms with van der Waals surface area (Å²) in [6.45, 7) is 0. The Morgan fingerprint density at radius 3 is 2.57 bits per heavy atom. The average Bonchev–Trinajstić information content (AvgIpc) is 2.76. The van der Waals surface area contributed by atoms with Gasteiger partial charge in [0.2, 0.25) is 0 Å². The maximum Gasteiger partial charge on any atom is 0.311 e. The predicted molar refractivity (Wildman–Crippen MR) is 79.8 cm³/mol. The van der Waals surface area contributed by atoms with Crippen molar-refractivity contribution in [2.24, 2.45) is 5.10 Å². The number of hydrazone groups is 1. The molecule has 0 saturated carbocycles. The second kappa shape index (κ2) is 6.21. The van der Waals surface area contributed by atoms with Gasteiger partial charge in [-0.3, -0.25) is 9.59 Å². The van der Waals surface area contributed by atoms with Gasteiger partial charge in [-0.25, -0.2) is 0 Å². The van der Waals surface area contributed by atoms with Crippen molar-refractivity contribution in [3.8, 4) is 0 Å². The number of para-hydroxylation sites is 1. The highest BCUT2D eigenvalue weighted by Gasteiger charge is 2.32. The van der Waals surface area contributed by atoms with Crippen molar-refractivity contribution < 1.29 is 14.3 Å². The van der Waals surface area contributed by atoms with E-state index < -0.39 is 5.97 Å². The van der Waals surface area contributed by atoms with Crippen molar-refractivity contribution in [3.05, 3.63) is 42.1 Å². The van der Waals surface area contributed by atoms with Crippen LogP contribution in [-0.4, -0.2) is 43.7 Å². The van der Waals surface area contributed by atoms with Crippen LogP contribution >= 0.6 is 0 Å². The maximum absolute atomic E-state index is 12.5. The molecular weight excluding hydrogens is 270 g/mol. The highest BCUT2D eigenvalue weighted by Crippen LogP contribution is 2.24. The lowest BCUT2D eigenvalue weighted by Crippen LogP contribution is -2.23. The predicted octanol–water partition coefficient (Wildman–Crippen LogP) is 1.40. The summed E-state index contributed by atoms with van der Waals surface area (Å²) >= 11 is 0. The van der Waals surface area contributed by atoms with Crippen LogP contribution in [0.25, 0.3) is 0 Å². The van der Waals surface area contributed by atoms with Crippen LogP contribution in [0.2, 0.25) is 0 Å². The van der Waals surface area contributed by atoms with Crippen molar-refractivity contribution in [1.82, 2.24) is 4.90 Å². The van der Waals surface area contributed by atoms with Gasteiger partial charge in [0, 0.05) is 20.3 Å². The zero-order chi connectivity index (χ0) is 15.4. The molecule has 6 heteroatoms. The molecule has 0 unspecified atom stereocenters. The Kier molecular flexibility index (Phi) is 4.37. The number of rotatable bonds is 4. The quantitative estimate of drug-likeness (QED) is 0.620. The topological polar surface area (TPSA) is 62.2 Å². The number of anilines is 1. The third-order valence-electron chi connectivity index (χ3n) is 2.88. The van der Waals surface area contributed by atoms with Gasteiger partial charge in [-0.05, 0) is 12.1 Å². The molecule has 1 heterocycles. The molecule has 0 bridgehead atoms. The fraction of sp³-hybridized carbons (Fsp3) is 0.267. The van der Waals surface area contributed by atoms with E-state index in [0.29, 0.717) is 17.0 Å². The number of benzene rings is 1. The third kappa shape index (κ3) is 3.28. The Morgan fingerprint density at radius 1 is 1.33 bits per heavy atom. The van der Waals surface area contributed by atoms with E-state index in [2.05, 4.69) is 9.84 Å². The van der Waals surface area contributed by atoms with Gasteiger partial charge in [-0.1, -0.05) is 18.2 Å². The number of carbonyl (C=O) groups is 2. The number of ether oxygens (including phenoxy) is 1. The highest BCUT2D eigenvalue weighted by molar-refractivity contribution is 6.32. The summed E-state index contributed by atoms with van der Waals surface area (Å²) in [5.74, 6) is -0.685. The van der Waals surface area contributed by atoms with Crippen molar-refractivity contribution >= 4 is 23.3 Å². The van der Waals surface area contributed by atoms with Crippen LogP contribution in [0.4, 0.5) is 5.69 Å². The molecule has 0 radical (unpaired) electrons. The summed E-state index contributed by atoms with van der Waals surface area (Å²) in [6, 6.07) is 9.09. The van der Waals surface area contributed by atoms with E-state index in [1.54, 1.807) is 37.3 Å². The molecule has 0 N–H and O–H groups in total. The van der Waals surface area contributed by atoms with Crippen LogP contribution in [0.3, 0.4) is 0 Å². The molecule has 21 heavy (non-hydrogen) atoms. The molecule has 0 spiro atoms. The maximum atomic E-state index is 12.5. The Labute approximate surface area is 123 Å². The van der Waals surface area contributed by atoms with E-state index >= 15 is 0 Å². The lowest BCUT2D eigenvalue weighted by Gasteiger charge is -2.11. The van der Waals surface area contributed by atoms with Gasteiger partial charge in [-0.2, -0.15) is 10.1 Å². The second-order valence-corrected chi connectivity index (χ2v) is 4.76. The van der Waals surface area contributed by atoms with Crippen LogP contribution in [0.5, 0.6) is 0 Å². The van der Waals surface area contributed by atoms with Crippen LogP contribution in [0.1, 0.15) is 6.42 Å². The normalized spacial score (nSPS) is 16.1. The molecule has 1 aliphatic heterocycles. The van der Waals surface area contributed by atoms with E-state index in [4.69, 9.17) is 0 Å². The molecule has 2 rings (SSSR count). The zero-order valence-electron chi connectivity index (χ0n) is 12.2. The van der Waals surface area contributed by atoms with Crippen LogP contribution in [0.15, 0.2) is 47.2 Å². The molecule has 0 atom stereocenters. The van der Waals surface area contributed by atoms with E-state index in [1.165, 1.54) is 12.1 Å². The Morgan fingerprint density at radius 2 is 2.00 bits per heavy atom. The minimum absolute atomic E-state index is 0.0365. The summed E-state index contributed by atoms with van der Waals surface area (Å²) in [5, 5.41) is 5.57. The summed E-state index contributed by atoms with van der Waals surface area (Å²) in [5.41, 5.74) is 1.46. The SMILES string of the molecule is COC(=O)CC1=NN(c2ccccc2)C(=O)/C1=C\N(C)C. The largest absolute Gasteiger partial charge is 0.469 e. The fourth-order valence-electron chi connectivity index (χ4n) is 1.93. The molecule has 6 nitrogen and oxygen atoms in total. The first kappa shape index (κ1) is 14.8. The van der Waals surface area contributed by atoms with Crippen LogP contribution < -0.4 is 5.01 Å². The van der Waals surface area contributed by atoms with Crippen molar-refractivity contribution in [3.63, 3.8) is 0 Å². The van der Waals surface area contributed by atoms with E-state index in [0.717, 1.165) is 0 Å². The van der Waals surface area contributed by atoms with Gasteiger partial charge in [0.05, 0.1) is 30.5 Å². The van der Waals surface area contributed by atoms with Crippen molar-refractivity contribution in [1.29, 1.82) is 0 Å². The van der Waals surface area contributed by atoms with E-state index in [9.17, 15) is 9.59 Å². The standard InChI is InChI=1S/C15H17N3O3/c1-17(2)10-12-13(9-14(19)21-3)16-18(15(12)20)11-7-5-4-6-8-11/h4-8,10H,9H2,1-3H3/b12-10-. The minimum Gasteiger partial charge on any atom is -0.469 e. The molecule has 0 fully saturated rings. The van der Waals surface area contributed by atoms with Gasteiger partial charge < -0.3 is 9.64 Å². The highest BCUT2D eigenvalue weighted by atomic mass is 16.5. The molecule has 110 valence electrons. The van der Waals surface area contributed by atoms with Gasteiger partial charge >= 0.3 is 5.97 Å². The molecule has 0 aromatic heterocycles. The number of amides is 1. The first-order valence-electron chi connectivity index (χ1n) is 6.45. The number of nitrogens with zero attached hydrogens (tertiary/aromatic N) is 3. The molecule has 1 aromatic carbocycles. The molecule has 0 saturated heterocycles. The summed E-state index contributed by atoms with van der Waals surface area (Å²) < 4.78 is 4.65. The molecule has 1 amide bonds. The first-order chi connectivity index (χ1) is 10.0. The first-order valence-corrected chi connectivity index (χ1v) is 6.45. The Hall–Kier alpha value is -2.63. The van der Waals surface area contributed by atoms with Crippen LogP contribution in [-0.2, 0) is 14.3 Å². The second-order valence-electron chi connectivity index (χ2n) is 4.76. The van der Waals surface area contributed by atoms with Gasteiger partial charge in [-0.15, -0.1) is 0 Å². The number of hydrogen-bond donors (Lipinski definition) is 0. The summed E-state index contributed by atoms with van der Waals surface area (Å²) in [7, 11) is 4.92. The van der Waals surface area contributed by atoms with Crippen molar-refractivity contribution in [2.45, 2.75) is 6.42 Å². The lowest BCUT2D eigenvalue weighted by molar-refractivity contribution is -0.139. The minimum atomic E-state index is -0.430. The number of esters is 1. The summed E-state index contributed by atoms with van der Waals surface area (Å²) in [6.07, 6.45) is 1.62. The van der Waals surface area contributed by atoms with E-state index in [-0.39, 0.29) is 12.3 Å². The van der Waals surface area contributed by atoms with Gasteiger partial charge in [0.15, 0.2) is 0 Å². The summed E-state index contributed by atoms with van der Waals surface area (Å²) in [4.78, 5) is 25.7. The van der Waals surface area contributed by atoms with E-state index in [1.807, 2.05) is 18.2 Å². The van der Waals surface area contributed by atoms with Crippen molar-refractivity contribution in [2.75, 3.05) is 26.2 Å². The fourth-order valence-corrected chi connectivity index (χ4v) is 1.93. The number of methoxy groups -OCH3 is 1. The molecule has 0 aliphatic carbocycles. The average molecular weight is 287 g/mol. The lowest BCUT2D eigenvalue weighted by atomic mass is 10.1. The Balaban J connectivity index is 2.37. The monoisotopic (exact) mass is 287 g/mol. The third-order valence-corrected chi connectivity index (χ3v) is 2.88. The van der Waals surface area contributed by atoms with Gasteiger partial charge in [0.1, 0.15) is 0 Å².